The molecular formula is C17H30O5P+. The molecule has 1 rings (SSSR count). The van der Waals surface area contributed by atoms with Gasteiger partial charge >= 0.3 is 8.25 Å². The minimum absolute atomic E-state index is 0.0985. The zero-order valence-electron chi connectivity index (χ0n) is 14.2. The van der Waals surface area contributed by atoms with E-state index in [4.69, 9.17) is 23.8 Å². The molecule has 0 saturated carbocycles. The maximum absolute atomic E-state index is 8.70. The molecule has 1 aromatic carbocycles. The molecule has 0 aliphatic heterocycles. The fourth-order valence-corrected chi connectivity index (χ4v) is 2.10. The summed E-state index contributed by atoms with van der Waals surface area (Å²) in [6.07, 6.45) is 8.69. The van der Waals surface area contributed by atoms with Crippen LogP contribution < -0.4 is 4.74 Å². The molecular weight excluding hydrogens is 315 g/mol. The van der Waals surface area contributed by atoms with Crippen LogP contribution in [0.1, 0.15) is 58.8 Å². The third kappa shape index (κ3) is 15.7. The quantitative estimate of drug-likeness (QED) is 0.342. The number of hydrogen-bond acceptors (Lipinski definition) is 3. The third-order valence-corrected chi connectivity index (χ3v) is 3.16. The Labute approximate surface area is 140 Å². The molecule has 1 unspecified atom stereocenters. The van der Waals surface area contributed by atoms with Crippen molar-refractivity contribution in [1.29, 1.82) is 0 Å². The fraction of sp³-hybridized carbons (Fsp3) is 0.647. The lowest BCUT2D eigenvalue weighted by Gasteiger charge is -2.18. The Morgan fingerprint density at radius 1 is 1.00 bits per heavy atom. The zero-order chi connectivity index (χ0) is 17.3. The van der Waals surface area contributed by atoms with Gasteiger partial charge in [-0.1, -0.05) is 57.2 Å². The molecule has 2 N–H and O–H groups in total. The van der Waals surface area contributed by atoms with E-state index in [1.807, 2.05) is 37.3 Å². The Morgan fingerprint density at radius 3 is 2.13 bits per heavy atom. The third-order valence-electron chi connectivity index (χ3n) is 3.16. The lowest BCUT2D eigenvalue weighted by Crippen LogP contribution is -2.20. The average Bonchev–Trinajstić information content (AvgIpc) is 2.51. The van der Waals surface area contributed by atoms with Crippen LogP contribution in [0.2, 0.25) is 0 Å². The molecule has 0 radical (unpaired) electrons. The second-order valence-corrected chi connectivity index (χ2v) is 5.63. The van der Waals surface area contributed by atoms with E-state index < -0.39 is 8.25 Å². The highest BCUT2D eigenvalue weighted by Crippen LogP contribution is 2.16. The minimum Gasteiger partial charge on any atom is -0.465 e. The van der Waals surface area contributed by atoms with Gasteiger partial charge in [-0.05, 0) is 25.5 Å². The Morgan fingerprint density at radius 2 is 1.57 bits per heavy atom. The van der Waals surface area contributed by atoms with Crippen molar-refractivity contribution in [3.8, 4) is 5.75 Å². The topological polar surface area (TPSA) is 76.0 Å². The van der Waals surface area contributed by atoms with E-state index in [-0.39, 0.29) is 6.29 Å². The molecule has 0 aromatic heterocycles. The molecule has 0 heterocycles. The van der Waals surface area contributed by atoms with E-state index in [2.05, 4.69) is 6.92 Å². The summed E-state index contributed by atoms with van der Waals surface area (Å²) in [5.41, 5.74) is 0. The van der Waals surface area contributed by atoms with Gasteiger partial charge in [-0.2, -0.15) is 0 Å². The summed E-state index contributed by atoms with van der Waals surface area (Å²) in [5, 5.41) is 0. The second kappa shape index (κ2) is 15.9. The molecule has 6 heteroatoms. The average molecular weight is 345 g/mol. The summed E-state index contributed by atoms with van der Waals surface area (Å²) in [6, 6.07) is 9.93. The number of para-hydroxylation sites is 1. The molecule has 1 aromatic rings. The first-order valence-corrected chi connectivity index (χ1v) is 9.45. The van der Waals surface area contributed by atoms with Crippen molar-refractivity contribution < 1.29 is 23.8 Å². The van der Waals surface area contributed by atoms with Crippen molar-refractivity contribution in [2.45, 2.75) is 65.1 Å². The molecule has 23 heavy (non-hydrogen) atoms. The monoisotopic (exact) mass is 345 g/mol. The van der Waals surface area contributed by atoms with Crippen LogP contribution in [0.4, 0.5) is 0 Å². The number of ether oxygens (including phenoxy) is 2. The van der Waals surface area contributed by atoms with E-state index in [0.29, 0.717) is 6.61 Å². The Bertz CT molecular complexity index is 382. The molecule has 1 atom stereocenters. The molecule has 0 aliphatic rings. The first-order chi connectivity index (χ1) is 11.1. The van der Waals surface area contributed by atoms with Crippen molar-refractivity contribution in [2.24, 2.45) is 0 Å². The molecule has 5 nitrogen and oxygen atoms in total. The van der Waals surface area contributed by atoms with Crippen molar-refractivity contribution in [2.75, 3.05) is 6.61 Å². The van der Waals surface area contributed by atoms with Gasteiger partial charge in [-0.25, -0.2) is 0 Å². The van der Waals surface area contributed by atoms with Crippen LogP contribution in [-0.4, -0.2) is 22.7 Å². The van der Waals surface area contributed by atoms with E-state index in [0.717, 1.165) is 12.2 Å². The SMILES string of the molecule is CCCCCCCCC(OCC)Oc1ccccc1.O=[P+](O)O. The highest BCUT2D eigenvalue weighted by Gasteiger charge is 2.09. The van der Waals surface area contributed by atoms with Crippen LogP contribution >= 0.6 is 8.25 Å². The van der Waals surface area contributed by atoms with E-state index in [1.54, 1.807) is 0 Å². The van der Waals surface area contributed by atoms with Crippen molar-refractivity contribution in [3.05, 3.63) is 30.3 Å². The van der Waals surface area contributed by atoms with Crippen LogP contribution in [0.5, 0.6) is 5.75 Å². The van der Waals surface area contributed by atoms with Crippen LogP contribution in [0.15, 0.2) is 30.3 Å². The van der Waals surface area contributed by atoms with Crippen LogP contribution in [-0.2, 0) is 9.30 Å². The zero-order valence-corrected chi connectivity index (χ0v) is 15.1. The van der Waals surface area contributed by atoms with Gasteiger partial charge in [0.15, 0.2) is 6.29 Å². The lowest BCUT2D eigenvalue weighted by molar-refractivity contribution is -0.0808. The smallest absolute Gasteiger partial charge is 0.465 e. The van der Waals surface area contributed by atoms with Crippen molar-refractivity contribution in [1.82, 2.24) is 0 Å². The Hall–Kier alpha value is -1.00. The van der Waals surface area contributed by atoms with Crippen LogP contribution in [0, 0.1) is 0 Å². The van der Waals surface area contributed by atoms with Crippen LogP contribution in [0.25, 0.3) is 0 Å². The van der Waals surface area contributed by atoms with E-state index >= 15 is 0 Å². The van der Waals surface area contributed by atoms with Gasteiger partial charge in [0.2, 0.25) is 0 Å². The van der Waals surface area contributed by atoms with Crippen molar-refractivity contribution in [3.63, 3.8) is 0 Å². The van der Waals surface area contributed by atoms with Crippen molar-refractivity contribution >= 4 is 8.25 Å². The normalized spacial score (nSPS) is 11.3. The molecule has 0 bridgehead atoms. The fourth-order valence-electron chi connectivity index (χ4n) is 2.10. The molecule has 0 aliphatic carbocycles. The standard InChI is InChI=1S/C17H28O2.HO3P/c1-3-5-6-7-8-12-15-17(18-4-2)19-16-13-10-9-11-14-16;1-4(2)3/h9-11,13-14,17H,3-8,12,15H2,1-2H3;(H-,1,2,3)/p+1. The molecule has 0 saturated heterocycles. The summed E-state index contributed by atoms with van der Waals surface area (Å²) in [7, 11) is -2.87. The molecule has 0 amide bonds. The predicted octanol–water partition coefficient (Wildman–Crippen LogP) is 4.81. The van der Waals surface area contributed by atoms with Gasteiger partial charge in [0.25, 0.3) is 0 Å². The van der Waals surface area contributed by atoms with Crippen LogP contribution in [0.3, 0.4) is 0 Å². The highest BCUT2D eigenvalue weighted by molar-refractivity contribution is 7.30. The maximum atomic E-state index is 8.70. The largest absolute Gasteiger partial charge is 0.692 e. The number of benzene rings is 1. The van der Waals surface area contributed by atoms with Gasteiger partial charge < -0.3 is 9.47 Å². The first kappa shape index (κ1) is 22.0. The lowest BCUT2D eigenvalue weighted by atomic mass is 10.1. The minimum atomic E-state index is -2.87. The summed E-state index contributed by atoms with van der Waals surface area (Å²) >= 11 is 0. The van der Waals surface area contributed by atoms with Gasteiger partial charge in [-0.3, -0.25) is 0 Å². The predicted molar refractivity (Wildman–Crippen MR) is 92.5 cm³/mol. The second-order valence-electron chi connectivity index (χ2n) is 5.12. The summed E-state index contributed by atoms with van der Waals surface area (Å²) in [5.74, 6) is 0.895. The maximum Gasteiger partial charge on any atom is 0.692 e. The van der Waals surface area contributed by atoms with E-state index in [9.17, 15) is 0 Å². The Kier molecular flexibility index (Phi) is 15.2. The number of rotatable bonds is 11. The molecule has 0 fully saturated rings. The van der Waals surface area contributed by atoms with Gasteiger partial charge in [0, 0.05) is 17.6 Å². The summed E-state index contributed by atoms with van der Waals surface area (Å²) < 4.78 is 20.2. The van der Waals surface area contributed by atoms with Gasteiger partial charge in [0.1, 0.15) is 5.75 Å². The van der Waals surface area contributed by atoms with E-state index in [1.165, 1.54) is 38.5 Å². The Balaban J connectivity index is 0.00000108. The summed E-state index contributed by atoms with van der Waals surface area (Å²) in [4.78, 5) is 14.2. The number of unbranched alkanes of at least 4 members (excludes halogenated alkanes) is 5. The highest BCUT2D eigenvalue weighted by atomic mass is 31.1. The molecule has 0 spiro atoms. The van der Waals surface area contributed by atoms with Gasteiger partial charge in [-0.15, -0.1) is 9.79 Å². The van der Waals surface area contributed by atoms with Gasteiger partial charge in [0.05, 0.1) is 0 Å². The molecule has 132 valence electrons. The first-order valence-electron chi connectivity index (χ1n) is 8.28. The number of hydrogen-bond donors (Lipinski definition) is 2. The summed E-state index contributed by atoms with van der Waals surface area (Å²) in [6.45, 7) is 4.97.